The monoisotopic (exact) mass is 310 g/mol. The number of ketones is 1. The number of hydrogen-bond acceptors (Lipinski definition) is 2. The molecule has 23 heavy (non-hydrogen) atoms. The molecule has 1 aromatic carbocycles. The number of benzene rings is 1. The molecule has 3 unspecified atom stereocenters. The van der Waals surface area contributed by atoms with Crippen LogP contribution in [0.5, 0.6) is 5.75 Å². The summed E-state index contributed by atoms with van der Waals surface area (Å²) in [7, 11) is 0. The third-order valence-electron chi connectivity index (χ3n) is 6.77. The summed E-state index contributed by atoms with van der Waals surface area (Å²) in [6, 6.07) is 6.62. The third kappa shape index (κ3) is 2.26. The lowest BCUT2D eigenvalue weighted by Crippen LogP contribution is -2.42. The van der Waals surface area contributed by atoms with Crippen LogP contribution in [-0.4, -0.2) is 12.4 Å². The molecule has 122 valence electrons. The van der Waals surface area contributed by atoms with Gasteiger partial charge in [-0.25, -0.2) is 0 Å². The van der Waals surface area contributed by atoms with Crippen LogP contribution >= 0.6 is 0 Å². The van der Waals surface area contributed by atoms with Gasteiger partial charge in [-0.3, -0.25) is 4.79 Å². The van der Waals surface area contributed by atoms with Crippen molar-refractivity contribution in [2.24, 2.45) is 17.3 Å². The molecule has 2 heteroatoms. The van der Waals surface area contributed by atoms with E-state index in [1.165, 1.54) is 24.0 Å². The minimum absolute atomic E-state index is 0.0221. The number of carbonyl (C=O) groups is 1. The lowest BCUT2D eigenvalue weighted by Gasteiger charge is -2.48. The summed E-state index contributed by atoms with van der Waals surface area (Å²) in [6.07, 6.45) is 8.32. The van der Waals surface area contributed by atoms with Crippen LogP contribution < -0.4 is 4.74 Å². The molecule has 0 spiro atoms. The molecular formula is C21H26O2. The van der Waals surface area contributed by atoms with E-state index in [1.807, 2.05) is 0 Å². The summed E-state index contributed by atoms with van der Waals surface area (Å²) >= 11 is 0. The van der Waals surface area contributed by atoms with E-state index in [4.69, 9.17) is 4.74 Å². The van der Waals surface area contributed by atoms with E-state index in [-0.39, 0.29) is 5.41 Å². The zero-order chi connectivity index (χ0) is 16.0. The van der Waals surface area contributed by atoms with Crippen molar-refractivity contribution < 1.29 is 9.53 Å². The summed E-state index contributed by atoms with van der Waals surface area (Å²) < 4.78 is 5.69. The molecule has 0 bridgehead atoms. The van der Waals surface area contributed by atoms with Gasteiger partial charge in [0.15, 0.2) is 0 Å². The van der Waals surface area contributed by atoms with E-state index >= 15 is 0 Å². The van der Waals surface area contributed by atoms with Gasteiger partial charge >= 0.3 is 0 Å². The van der Waals surface area contributed by atoms with Gasteiger partial charge in [0.2, 0.25) is 0 Å². The van der Waals surface area contributed by atoms with Crippen LogP contribution in [0.2, 0.25) is 0 Å². The maximum absolute atomic E-state index is 12.4. The standard InChI is InChI=1S/C21H26O2/c1-3-12-23-15-5-7-16-14(13-15)4-6-18-17(16)10-11-21(2)19(18)8-9-20(21)22/h3,5,7,13,17-19H,1,4,6,8-12H2,2H3/t17?,18?,19?,21-/m1/s1. The molecule has 0 radical (unpaired) electrons. The molecule has 0 aliphatic heterocycles. The number of ether oxygens (including phenoxy) is 1. The van der Waals surface area contributed by atoms with Crippen molar-refractivity contribution in [1.29, 1.82) is 0 Å². The van der Waals surface area contributed by atoms with Crippen LogP contribution in [0.15, 0.2) is 30.9 Å². The molecule has 1 aromatic rings. The average molecular weight is 310 g/mol. The first-order valence-electron chi connectivity index (χ1n) is 9.03. The molecule has 3 aliphatic rings. The molecular weight excluding hydrogens is 284 g/mol. The van der Waals surface area contributed by atoms with Crippen molar-refractivity contribution in [3.05, 3.63) is 42.0 Å². The van der Waals surface area contributed by atoms with Crippen molar-refractivity contribution in [3.8, 4) is 5.75 Å². The van der Waals surface area contributed by atoms with E-state index < -0.39 is 0 Å². The van der Waals surface area contributed by atoms with E-state index in [2.05, 4.69) is 31.7 Å². The van der Waals surface area contributed by atoms with Crippen LogP contribution in [0.1, 0.15) is 56.1 Å². The van der Waals surface area contributed by atoms with Crippen molar-refractivity contribution in [2.75, 3.05) is 6.61 Å². The van der Waals surface area contributed by atoms with Crippen LogP contribution in [0.4, 0.5) is 0 Å². The zero-order valence-electron chi connectivity index (χ0n) is 14.0. The van der Waals surface area contributed by atoms with Gasteiger partial charge in [-0.05, 0) is 73.1 Å². The fraction of sp³-hybridized carbons (Fsp3) is 0.571. The summed E-state index contributed by atoms with van der Waals surface area (Å²) in [5.41, 5.74) is 2.96. The Kier molecular flexibility index (Phi) is 3.59. The average Bonchev–Trinajstić information content (AvgIpc) is 2.88. The molecule has 0 aromatic heterocycles. The number of aryl methyl sites for hydroxylation is 1. The highest BCUT2D eigenvalue weighted by Gasteiger charge is 2.54. The van der Waals surface area contributed by atoms with E-state index in [1.54, 1.807) is 6.08 Å². The fourth-order valence-corrected chi connectivity index (χ4v) is 5.57. The molecule has 0 saturated heterocycles. The maximum Gasteiger partial charge on any atom is 0.139 e. The lowest BCUT2D eigenvalue weighted by atomic mass is 9.55. The molecule has 0 amide bonds. The quantitative estimate of drug-likeness (QED) is 0.758. The van der Waals surface area contributed by atoms with Crippen LogP contribution in [-0.2, 0) is 11.2 Å². The largest absolute Gasteiger partial charge is 0.490 e. The second-order valence-electron chi connectivity index (χ2n) is 7.79. The van der Waals surface area contributed by atoms with Gasteiger partial charge in [0.25, 0.3) is 0 Å². The number of carbonyl (C=O) groups excluding carboxylic acids is 1. The van der Waals surface area contributed by atoms with Crippen LogP contribution in [0.3, 0.4) is 0 Å². The molecule has 3 aliphatic carbocycles. The van der Waals surface area contributed by atoms with Crippen LogP contribution in [0.25, 0.3) is 0 Å². The topological polar surface area (TPSA) is 26.3 Å². The summed E-state index contributed by atoms with van der Waals surface area (Å²) in [5.74, 6) is 3.45. The smallest absolute Gasteiger partial charge is 0.139 e. The van der Waals surface area contributed by atoms with E-state index in [0.29, 0.717) is 30.1 Å². The molecule has 2 fully saturated rings. The van der Waals surface area contributed by atoms with Gasteiger partial charge < -0.3 is 4.74 Å². The number of fused-ring (bicyclic) bond motifs is 5. The minimum atomic E-state index is -0.0221. The number of hydrogen-bond donors (Lipinski definition) is 0. The fourth-order valence-electron chi connectivity index (χ4n) is 5.57. The predicted molar refractivity (Wildman–Crippen MR) is 91.8 cm³/mol. The Morgan fingerprint density at radius 3 is 3.00 bits per heavy atom. The van der Waals surface area contributed by atoms with Crippen molar-refractivity contribution in [3.63, 3.8) is 0 Å². The Morgan fingerprint density at radius 1 is 1.30 bits per heavy atom. The number of Topliss-reactive ketones (excluding diaryl/α,β-unsaturated/α-hetero) is 1. The van der Waals surface area contributed by atoms with Gasteiger partial charge in [-0.15, -0.1) is 0 Å². The Hall–Kier alpha value is -1.57. The third-order valence-corrected chi connectivity index (χ3v) is 6.77. The highest BCUT2D eigenvalue weighted by atomic mass is 16.5. The molecule has 2 saturated carbocycles. The predicted octanol–water partition coefficient (Wildman–Crippen LogP) is 4.68. The van der Waals surface area contributed by atoms with E-state index in [0.717, 1.165) is 31.4 Å². The number of rotatable bonds is 3. The molecule has 4 atom stereocenters. The second kappa shape index (κ2) is 5.51. The van der Waals surface area contributed by atoms with E-state index in [9.17, 15) is 4.79 Å². The minimum Gasteiger partial charge on any atom is -0.490 e. The summed E-state index contributed by atoms with van der Waals surface area (Å²) in [6.45, 7) is 6.51. The molecule has 2 nitrogen and oxygen atoms in total. The molecule has 4 rings (SSSR count). The van der Waals surface area contributed by atoms with Crippen molar-refractivity contribution >= 4 is 5.78 Å². The van der Waals surface area contributed by atoms with Gasteiger partial charge in [0, 0.05) is 11.8 Å². The lowest BCUT2D eigenvalue weighted by molar-refractivity contribution is -0.129. The molecule has 0 N–H and O–H groups in total. The van der Waals surface area contributed by atoms with Crippen LogP contribution in [0, 0.1) is 17.3 Å². The van der Waals surface area contributed by atoms with Gasteiger partial charge in [-0.2, -0.15) is 0 Å². The Bertz CT molecular complexity index is 647. The zero-order valence-corrected chi connectivity index (χ0v) is 14.0. The summed E-state index contributed by atoms with van der Waals surface area (Å²) in [4.78, 5) is 12.4. The Morgan fingerprint density at radius 2 is 2.17 bits per heavy atom. The Labute approximate surface area is 138 Å². The SMILES string of the molecule is C=CCOc1ccc2c(c1)CCC1C2CC[C@@]2(C)C(=O)CCC12. The Balaban J connectivity index is 1.62. The van der Waals surface area contributed by atoms with Crippen molar-refractivity contribution in [2.45, 2.75) is 51.4 Å². The van der Waals surface area contributed by atoms with Gasteiger partial charge in [0.1, 0.15) is 18.1 Å². The molecule has 0 heterocycles. The highest BCUT2D eigenvalue weighted by molar-refractivity contribution is 5.87. The highest BCUT2D eigenvalue weighted by Crippen LogP contribution is 2.59. The van der Waals surface area contributed by atoms with Gasteiger partial charge in [-0.1, -0.05) is 25.6 Å². The van der Waals surface area contributed by atoms with Crippen molar-refractivity contribution in [1.82, 2.24) is 0 Å². The first kappa shape index (κ1) is 15.0. The summed E-state index contributed by atoms with van der Waals surface area (Å²) in [5, 5.41) is 0. The van der Waals surface area contributed by atoms with Gasteiger partial charge in [0.05, 0.1) is 0 Å². The maximum atomic E-state index is 12.4. The first-order valence-corrected chi connectivity index (χ1v) is 9.03. The second-order valence-corrected chi connectivity index (χ2v) is 7.79. The first-order chi connectivity index (χ1) is 11.1. The normalized spacial score (nSPS) is 35.2.